The average Bonchev–Trinajstić information content (AvgIpc) is 2.63. The van der Waals surface area contributed by atoms with Crippen LogP contribution in [0.3, 0.4) is 0 Å². The van der Waals surface area contributed by atoms with Crippen LogP contribution in [0.15, 0.2) is 36.4 Å². The first-order chi connectivity index (χ1) is 13.1. The molecule has 0 saturated carbocycles. The van der Waals surface area contributed by atoms with Crippen molar-refractivity contribution in [3.8, 4) is 0 Å². The van der Waals surface area contributed by atoms with Gasteiger partial charge in [-0.3, -0.25) is 4.79 Å². The second kappa shape index (κ2) is 7.86. The first-order valence-corrected chi connectivity index (χ1v) is 10.0. The van der Waals surface area contributed by atoms with Crippen molar-refractivity contribution >= 4 is 17.5 Å². The number of nitrogens with zero attached hydrogens (tertiary/aromatic N) is 1. The number of aliphatic hydroxyl groups excluding tert-OH is 1. The molecule has 1 aliphatic heterocycles. The summed E-state index contributed by atoms with van der Waals surface area (Å²) in [6.07, 6.45) is 0.719. The largest absolute Gasteiger partial charge is 0.394 e. The van der Waals surface area contributed by atoms with Crippen molar-refractivity contribution in [2.75, 3.05) is 6.61 Å². The summed E-state index contributed by atoms with van der Waals surface area (Å²) < 4.78 is 0. The van der Waals surface area contributed by atoms with Gasteiger partial charge >= 0.3 is 0 Å². The standard InChI is InChI=1S/C23H28ClNO3/c1-14-7-5-10-21(24)18(14)12-22(27)25-15(2)17-8-6-9-20(23(3,4)28)19(17)11-16(25)13-26/h5-10,15-16,26,28H,11-13H2,1-4H3/t15-,16+/m0/s1. The number of rotatable bonds is 4. The van der Waals surface area contributed by atoms with E-state index in [0.717, 1.165) is 27.8 Å². The quantitative estimate of drug-likeness (QED) is 0.816. The van der Waals surface area contributed by atoms with Crippen molar-refractivity contribution in [3.05, 3.63) is 69.2 Å². The van der Waals surface area contributed by atoms with Crippen LogP contribution < -0.4 is 0 Å². The van der Waals surface area contributed by atoms with Gasteiger partial charge in [-0.1, -0.05) is 41.9 Å². The van der Waals surface area contributed by atoms with E-state index in [4.69, 9.17) is 11.6 Å². The van der Waals surface area contributed by atoms with Crippen LogP contribution in [0.5, 0.6) is 0 Å². The second-order valence-electron chi connectivity index (χ2n) is 8.16. The second-order valence-corrected chi connectivity index (χ2v) is 8.57. The van der Waals surface area contributed by atoms with Crippen molar-refractivity contribution in [1.82, 2.24) is 4.90 Å². The fraction of sp³-hybridized carbons (Fsp3) is 0.435. The number of carbonyl (C=O) groups is 1. The smallest absolute Gasteiger partial charge is 0.227 e. The lowest BCUT2D eigenvalue weighted by Gasteiger charge is -2.43. The zero-order valence-corrected chi connectivity index (χ0v) is 17.6. The third-order valence-electron chi connectivity index (χ3n) is 5.75. The zero-order valence-electron chi connectivity index (χ0n) is 16.9. The summed E-state index contributed by atoms with van der Waals surface area (Å²) in [7, 11) is 0. The molecule has 1 amide bonds. The number of hydrogen-bond acceptors (Lipinski definition) is 3. The Labute approximate surface area is 171 Å². The van der Waals surface area contributed by atoms with Gasteiger partial charge in [0, 0.05) is 5.02 Å². The van der Waals surface area contributed by atoms with Crippen LogP contribution in [0.2, 0.25) is 5.02 Å². The SMILES string of the molecule is Cc1cccc(Cl)c1CC(=O)N1[C@@H](CO)Cc2c(cccc2C(C)(C)O)[C@@H]1C. The molecule has 0 unspecified atom stereocenters. The molecule has 0 aromatic heterocycles. The molecule has 0 saturated heterocycles. The van der Waals surface area contributed by atoms with Crippen LogP contribution in [-0.2, 0) is 23.2 Å². The van der Waals surface area contributed by atoms with Gasteiger partial charge in [0.1, 0.15) is 0 Å². The van der Waals surface area contributed by atoms with E-state index in [0.29, 0.717) is 11.4 Å². The lowest BCUT2D eigenvalue weighted by molar-refractivity contribution is -0.137. The lowest BCUT2D eigenvalue weighted by atomic mass is 9.81. The third kappa shape index (κ3) is 3.82. The van der Waals surface area contributed by atoms with E-state index in [-0.39, 0.29) is 31.0 Å². The topological polar surface area (TPSA) is 60.8 Å². The number of amides is 1. The average molecular weight is 402 g/mol. The maximum absolute atomic E-state index is 13.3. The highest BCUT2D eigenvalue weighted by Crippen LogP contribution is 2.38. The molecule has 0 fully saturated rings. The minimum Gasteiger partial charge on any atom is -0.394 e. The molecule has 5 heteroatoms. The molecular formula is C23H28ClNO3. The van der Waals surface area contributed by atoms with Crippen molar-refractivity contribution in [3.63, 3.8) is 0 Å². The van der Waals surface area contributed by atoms with Gasteiger partial charge in [0.15, 0.2) is 0 Å². The molecule has 0 bridgehead atoms. The Morgan fingerprint density at radius 3 is 2.54 bits per heavy atom. The molecule has 0 spiro atoms. The molecule has 2 aromatic rings. The Hall–Kier alpha value is -1.88. The van der Waals surface area contributed by atoms with Gasteiger partial charge in [0.25, 0.3) is 0 Å². The molecule has 0 radical (unpaired) electrons. The molecular weight excluding hydrogens is 374 g/mol. The first-order valence-electron chi connectivity index (χ1n) is 9.65. The van der Waals surface area contributed by atoms with Gasteiger partial charge in [-0.2, -0.15) is 0 Å². The van der Waals surface area contributed by atoms with Crippen LogP contribution in [0.25, 0.3) is 0 Å². The van der Waals surface area contributed by atoms with E-state index in [2.05, 4.69) is 0 Å². The summed E-state index contributed by atoms with van der Waals surface area (Å²) >= 11 is 6.32. The number of aliphatic hydroxyl groups is 2. The van der Waals surface area contributed by atoms with Crippen molar-refractivity contribution in [2.24, 2.45) is 0 Å². The predicted octanol–water partition coefficient (Wildman–Crippen LogP) is 3.93. The van der Waals surface area contributed by atoms with E-state index in [9.17, 15) is 15.0 Å². The van der Waals surface area contributed by atoms with Crippen LogP contribution >= 0.6 is 11.6 Å². The Balaban J connectivity index is 1.98. The number of carbonyl (C=O) groups excluding carboxylic acids is 1. The normalized spacial score (nSPS) is 19.5. The highest BCUT2D eigenvalue weighted by atomic mass is 35.5. The Bertz CT molecular complexity index is 868. The minimum atomic E-state index is -0.980. The Kier molecular flexibility index (Phi) is 5.85. The van der Waals surface area contributed by atoms with Gasteiger partial charge in [-0.25, -0.2) is 0 Å². The van der Waals surface area contributed by atoms with E-state index in [1.54, 1.807) is 24.8 Å². The lowest BCUT2D eigenvalue weighted by Crippen LogP contribution is -2.49. The first kappa shape index (κ1) is 20.8. The monoisotopic (exact) mass is 401 g/mol. The van der Waals surface area contributed by atoms with Gasteiger partial charge < -0.3 is 15.1 Å². The van der Waals surface area contributed by atoms with Crippen molar-refractivity contribution in [2.45, 2.75) is 58.2 Å². The highest BCUT2D eigenvalue weighted by molar-refractivity contribution is 6.31. The summed E-state index contributed by atoms with van der Waals surface area (Å²) in [6.45, 7) is 7.32. The molecule has 2 aromatic carbocycles. The fourth-order valence-electron chi connectivity index (χ4n) is 4.30. The van der Waals surface area contributed by atoms with Gasteiger partial charge in [-0.05, 0) is 68.0 Å². The Morgan fingerprint density at radius 2 is 1.93 bits per heavy atom. The van der Waals surface area contributed by atoms with E-state index < -0.39 is 5.60 Å². The summed E-state index contributed by atoms with van der Waals surface area (Å²) in [4.78, 5) is 15.0. The molecule has 2 atom stereocenters. The van der Waals surface area contributed by atoms with Crippen LogP contribution in [-0.4, -0.2) is 33.7 Å². The molecule has 1 heterocycles. The third-order valence-corrected chi connectivity index (χ3v) is 6.11. The number of hydrogen-bond donors (Lipinski definition) is 2. The summed E-state index contributed by atoms with van der Waals surface area (Å²) in [5.74, 6) is -0.0536. The van der Waals surface area contributed by atoms with Crippen LogP contribution in [0.1, 0.15) is 54.6 Å². The number of aryl methyl sites for hydroxylation is 1. The van der Waals surface area contributed by atoms with E-state index >= 15 is 0 Å². The molecule has 0 aliphatic carbocycles. The highest BCUT2D eigenvalue weighted by Gasteiger charge is 2.37. The van der Waals surface area contributed by atoms with Gasteiger partial charge in [0.2, 0.25) is 5.91 Å². The van der Waals surface area contributed by atoms with Crippen LogP contribution in [0.4, 0.5) is 0 Å². The summed E-state index contributed by atoms with van der Waals surface area (Å²) in [5.41, 5.74) is 3.73. The zero-order chi connectivity index (χ0) is 20.6. The molecule has 3 rings (SSSR count). The maximum Gasteiger partial charge on any atom is 0.227 e. The molecule has 4 nitrogen and oxygen atoms in total. The fourth-order valence-corrected chi connectivity index (χ4v) is 4.59. The molecule has 28 heavy (non-hydrogen) atoms. The molecule has 1 aliphatic rings. The Morgan fingerprint density at radius 1 is 1.25 bits per heavy atom. The maximum atomic E-state index is 13.3. The van der Waals surface area contributed by atoms with Crippen molar-refractivity contribution < 1.29 is 15.0 Å². The number of fused-ring (bicyclic) bond motifs is 1. The van der Waals surface area contributed by atoms with Gasteiger partial charge in [0.05, 0.1) is 30.7 Å². The summed E-state index contributed by atoms with van der Waals surface area (Å²) in [6, 6.07) is 10.9. The van der Waals surface area contributed by atoms with Crippen molar-refractivity contribution in [1.29, 1.82) is 0 Å². The van der Waals surface area contributed by atoms with Crippen LogP contribution in [0, 0.1) is 6.92 Å². The predicted molar refractivity (Wildman–Crippen MR) is 111 cm³/mol. The molecule has 2 N–H and O–H groups in total. The molecule has 150 valence electrons. The number of benzene rings is 2. The van der Waals surface area contributed by atoms with E-state index in [1.807, 2.05) is 44.2 Å². The van der Waals surface area contributed by atoms with E-state index in [1.165, 1.54) is 0 Å². The minimum absolute atomic E-state index is 0.0536. The summed E-state index contributed by atoms with van der Waals surface area (Å²) in [5, 5.41) is 21.2. The van der Waals surface area contributed by atoms with Gasteiger partial charge in [-0.15, -0.1) is 0 Å². The number of halogens is 1.